The van der Waals surface area contributed by atoms with Crippen LogP contribution in [0.15, 0.2) is 0 Å². The molecule has 0 saturated carbocycles. The fourth-order valence-electron chi connectivity index (χ4n) is 6.27. The van der Waals surface area contributed by atoms with Crippen LogP contribution in [0.5, 0.6) is 0 Å². The van der Waals surface area contributed by atoms with Crippen molar-refractivity contribution >= 4 is 58.7 Å². The van der Waals surface area contributed by atoms with E-state index < -0.39 is 106 Å². The number of β-amino-alcohol motifs (C(OH)–C–C–N with tert-alkyl or cyclic N) is 1. The third-order valence-electron chi connectivity index (χ3n) is 11.6. The van der Waals surface area contributed by atoms with Crippen LogP contribution in [0.4, 0.5) is 14.4 Å². The predicted octanol–water partition coefficient (Wildman–Crippen LogP) is 7.17. The van der Waals surface area contributed by atoms with E-state index in [0.29, 0.717) is 13.0 Å². The van der Waals surface area contributed by atoms with E-state index in [1.807, 2.05) is 13.1 Å². The van der Waals surface area contributed by atoms with E-state index in [1.54, 1.807) is 62.3 Å². The van der Waals surface area contributed by atoms with Gasteiger partial charge in [0.05, 0.1) is 40.1 Å². The minimum Gasteiger partial charge on any atom is -0.467 e. The summed E-state index contributed by atoms with van der Waals surface area (Å²) in [6.45, 7) is 37.2. The Morgan fingerprint density at radius 3 is 1.24 bits per heavy atom. The fourth-order valence-corrected chi connectivity index (χ4v) is 8.89. The van der Waals surface area contributed by atoms with Gasteiger partial charge in [-0.05, 0) is 98.6 Å². The molecule has 19 nitrogen and oxygen atoms in total. The number of likely N-dealkylation sites (tertiary alicyclic amines) is 3. The lowest BCUT2D eigenvalue weighted by Gasteiger charge is -2.38. The van der Waals surface area contributed by atoms with E-state index in [0.717, 1.165) is 4.90 Å². The molecule has 66 heavy (non-hydrogen) atoms. The molecule has 3 unspecified atom stereocenters. The summed E-state index contributed by atoms with van der Waals surface area (Å²) < 4.78 is 42.6. The van der Waals surface area contributed by atoms with Crippen LogP contribution in [0.25, 0.3) is 0 Å². The van der Waals surface area contributed by atoms with Gasteiger partial charge in [0.25, 0.3) is 5.91 Å². The lowest BCUT2D eigenvalue weighted by atomic mass is 10.2. The Labute approximate surface area is 395 Å². The maximum absolute atomic E-state index is 12.8. The number of esters is 3. The van der Waals surface area contributed by atoms with Gasteiger partial charge in [0.15, 0.2) is 16.6 Å². The van der Waals surface area contributed by atoms with Gasteiger partial charge in [-0.1, -0.05) is 41.5 Å². The first-order valence-corrected chi connectivity index (χ1v) is 28.2. The Morgan fingerprint density at radius 2 is 0.864 bits per heavy atom. The highest BCUT2D eigenvalue weighted by Crippen LogP contribution is 2.41. The first-order chi connectivity index (χ1) is 29.5. The predicted molar refractivity (Wildman–Crippen MR) is 250 cm³/mol. The molecule has 0 aromatic carbocycles. The first-order valence-electron chi connectivity index (χ1n) is 22.4. The molecule has 21 heteroatoms. The number of nitrogens with zero attached hydrogens (tertiary/aromatic N) is 3. The molecule has 3 heterocycles. The van der Waals surface area contributed by atoms with Crippen LogP contribution >= 0.6 is 0 Å². The summed E-state index contributed by atoms with van der Waals surface area (Å²) >= 11 is 0. The zero-order valence-electron chi connectivity index (χ0n) is 43.9. The van der Waals surface area contributed by atoms with Crippen LogP contribution in [0.3, 0.4) is 0 Å². The number of amides is 4. The summed E-state index contributed by atoms with van der Waals surface area (Å²) in [7, 11) is -0.430. The van der Waals surface area contributed by atoms with Gasteiger partial charge in [0.2, 0.25) is 0 Å². The number of imide groups is 1. The van der Waals surface area contributed by atoms with E-state index in [2.05, 4.69) is 59.4 Å². The fraction of sp³-hybridized carbons (Fsp3) is 0.844. The molecule has 382 valence electrons. The van der Waals surface area contributed by atoms with Crippen LogP contribution in [0, 0.1) is 0 Å². The third-order valence-corrected chi connectivity index (χ3v) is 20.6. The second-order valence-corrected chi connectivity index (χ2v) is 32.3. The Balaban J connectivity index is 0.000000504. The van der Waals surface area contributed by atoms with Gasteiger partial charge in [-0.3, -0.25) is 14.6 Å². The summed E-state index contributed by atoms with van der Waals surface area (Å²) in [5, 5.41) is 9.46. The molecule has 0 spiro atoms. The maximum atomic E-state index is 12.8. The molecule has 0 aromatic rings. The molecule has 0 aliphatic carbocycles. The second-order valence-electron chi connectivity index (χ2n) is 22.8. The van der Waals surface area contributed by atoms with Crippen molar-refractivity contribution in [3.63, 3.8) is 0 Å². The maximum Gasteiger partial charge on any atom is 0.417 e. The third kappa shape index (κ3) is 17.7. The van der Waals surface area contributed by atoms with Crippen LogP contribution < -0.4 is 0 Å². The van der Waals surface area contributed by atoms with Gasteiger partial charge in [-0.15, -0.1) is 0 Å². The minimum absolute atomic E-state index is 0.0626. The van der Waals surface area contributed by atoms with Gasteiger partial charge in [-0.25, -0.2) is 33.7 Å². The Kier molecular flexibility index (Phi) is 20.6. The molecule has 3 aliphatic heterocycles. The number of carbonyl (C=O) groups excluding carboxylic acids is 7. The highest BCUT2D eigenvalue weighted by atomic mass is 28.4. The van der Waals surface area contributed by atoms with Crippen molar-refractivity contribution in [2.75, 3.05) is 34.4 Å². The summed E-state index contributed by atoms with van der Waals surface area (Å²) in [5.74, 6) is -2.16. The molecular formula is C45H83N3O16Si2. The monoisotopic (exact) mass is 978 g/mol. The number of ether oxygens (including phenoxy) is 6. The van der Waals surface area contributed by atoms with Gasteiger partial charge in [0, 0.05) is 25.8 Å². The zero-order valence-corrected chi connectivity index (χ0v) is 45.9. The van der Waals surface area contributed by atoms with E-state index in [1.165, 1.54) is 31.1 Å². The topological polar surface area (TPSA) is 223 Å². The molecule has 3 rings (SSSR count). The summed E-state index contributed by atoms with van der Waals surface area (Å²) in [4.78, 5) is 88.6. The highest BCUT2D eigenvalue weighted by Gasteiger charge is 2.53. The van der Waals surface area contributed by atoms with Crippen LogP contribution in [0.1, 0.15) is 123 Å². The summed E-state index contributed by atoms with van der Waals surface area (Å²) in [5.41, 5.74) is -2.03. The van der Waals surface area contributed by atoms with Crippen LogP contribution in [-0.2, 0) is 56.5 Å². The van der Waals surface area contributed by atoms with Crippen LogP contribution in [0.2, 0.25) is 36.3 Å². The molecule has 6 atom stereocenters. The van der Waals surface area contributed by atoms with E-state index in [-0.39, 0.29) is 35.6 Å². The van der Waals surface area contributed by atoms with Gasteiger partial charge in [0.1, 0.15) is 41.0 Å². The molecule has 3 saturated heterocycles. The smallest absolute Gasteiger partial charge is 0.417 e. The van der Waals surface area contributed by atoms with Gasteiger partial charge in [-0.2, -0.15) is 0 Å². The number of rotatable bonds is 7. The number of aliphatic hydroxyl groups excluding tert-OH is 1. The molecular weight excluding hydrogens is 895 g/mol. The summed E-state index contributed by atoms with van der Waals surface area (Å²) in [6, 6.07) is -2.44. The quantitative estimate of drug-likeness (QED) is 0.152. The molecule has 4 amide bonds. The molecule has 3 fully saturated rings. The van der Waals surface area contributed by atoms with Gasteiger partial charge < -0.3 is 42.4 Å². The van der Waals surface area contributed by atoms with Crippen molar-refractivity contribution in [3.8, 4) is 0 Å². The number of carbonyl (C=O) groups is 7. The molecule has 0 bridgehead atoms. The average molecular weight is 978 g/mol. The number of hydrogen-bond acceptors (Lipinski definition) is 16. The van der Waals surface area contributed by atoms with Crippen molar-refractivity contribution in [1.29, 1.82) is 0 Å². The van der Waals surface area contributed by atoms with Crippen LogP contribution in [-0.4, -0.2) is 166 Å². The largest absolute Gasteiger partial charge is 0.467 e. The Bertz CT molecular complexity index is 1720. The lowest BCUT2D eigenvalue weighted by molar-refractivity contribution is -0.149. The Hall–Kier alpha value is -3.80. The number of methoxy groups -OCH3 is 3. The molecule has 0 radical (unpaired) electrons. The summed E-state index contributed by atoms with van der Waals surface area (Å²) in [6.07, 6.45) is -2.99. The first kappa shape index (κ1) is 60.2. The van der Waals surface area contributed by atoms with Crippen molar-refractivity contribution < 1.29 is 75.9 Å². The standard InChI is InChI=1S/C17H31NO6Si.C17H33NO5Si.C11H19NO5/c1-16(2,3)23-15(21)18-11(14(20)22-7)10-12(13(18)19)24-25(8,9)17(4,5)6;1-16(2,3)22-15(20)18-11-12(10-13(18)14(19)21-7)23-24(8,9)17(4,5)6;1-11(2,3)17-10(15)12-6-7(13)5-8(12)9(14)16-4/h11-12H,10H2,1-9H3;12-13H,10-11H2,1-9H3;7-8,13H,5-6H2,1-4H3/t11-,12?;12?,13-;7?,8-/m000/s1. The SMILES string of the molecule is COC(=O)[C@@H]1CC(O)CN1C(=O)OC(C)(C)C.COC(=O)[C@@H]1CC(O[Si](C)(C)C(C)(C)C)C(=O)N1C(=O)OC(C)(C)C.COC(=O)[C@@H]1CC(O[Si](C)(C)C(C)(C)C)CN1C(=O)OC(C)(C)C. The van der Waals surface area contributed by atoms with E-state index in [4.69, 9.17) is 32.5 Å². The molecule has 3 aliphatic rings. The molecule has 1 N–H and O–H groups in total. The molecule has 0 aromatic heterocycles. The number of hydrogen-bond donors (Lipinski definition) is 1. The van der Waals surface area contributed by atoms with Crippen molar-refractivity contribution in [1.82, 2.24) is 14.7 Å². The second kappa shape index (κ2) is 22.5. The van der Waals surface area contributed by atoms with Crippen molar-refractivity contribution in [2.45, 2.75) is 213 Å². The highest BCUT2D eigenvalue weighted by molar-refractivity contribution is 6.74. The average Bonchev–Trinajstić information content (AvgIpc) is 3.82. The van der Waals surface area contributed by atoms with Crippen molar-refractivity contribution in [2.24, 2.45) is 0 Å². The van der Waals surface area contributed by atoms with Crippen molar-refractivity contribution in [3.05, 3.63) is 0 Å². The number of aliphatic hydroxyl groups is 1. The van der Waals surface area contributed by atoms with E-state index >= 15 is 0 Å². The van der Waals surface area contributed by atoms with E-state index in [9.17, 15) is 38.7 Å². The lowest BCUT2D eigenvalue weighted by Crippen LogP contribution is -2.48. The van der Waals surface area contributed by atoms with Gasteiger partial charge >= 0.3 is 36.2 Å². The Morgan fingerprint density at radius 1 is 0.515 bits per heavy atom. The minimum atomic E-state index is -2.25. The zero-order chi connectivity index (χ0) is 51.9. The normalized spacial score (nSPS) is 22.9.